The van der Waals surface area contributed by atoms with Gasteiger partial charge in [0.05, 0.1) is 13.1 Å². The zero-order valence-electron chi connectivity index (χ0n) is 20.0. The predicted octanol–water partition coefficient (Wildman–Crippen LogP) is 2.36. The third-order valence-electron chi connectivity index (χ3n) is 7.42. The van der Waals surface area contributed by atoms with E-state index >= 15 is 0 Å². The van der Waals surface area contributed by atoms with E-state index in [1.165, 1.54) is 0 Å². The Morgan fingerprint density at radius 3 is 2.89 bits per heavy atom. The molecule has 35 heavy (non-hydrogen) atoms. The molecule has 2 unspecified atom stereocenters. The molecule has 2 aromatic heterocycles. The number of nitrogens with two attached hydrogens (primary N) is 1. The van der Waals surface area contributed by atoms with E-state index in [0.717, 1.165) is 52.4 Å². The van der Waals surface area contributed by atoms with E-state index in [9.17, 15) is 9.59 Å². The summed E-state index contributed by atoms with van der Waals surface area (Å²) in [6.07, 6.45) is 2.88. The van der Waals surface area contributed by atoms with Gasteiger partial charge in [0.25, 0.3) is 5.91 Å². The molecule has 2 fully saturated rings. The van der Waals surface area contributed by atoms with Gasteiger partial charge in [-0.1, -0.05) is 12.1 Å². The van der Waals surface area contributed by atoms with Crippen molar-refractivity contribution in [3.05, 3.63) is 69.9 Å². The lowest BCUT2D eigenvalue weighted by Gasteiger charge is -2.19. The summed E-state index contributed by atoms with van der Waals surface area (Å²) in [6.45, 7) is 6.94. The Labute approximate surface area is 203 Å². The molecule has 0 spiro atoms. The number of nitrogens with zero attached hydrogens (tertiary/aromatic N) is 4. The van der Waals surface area contributed by atoms with Crippen molar-refractivity contribution >= 4 is 23.3 Å². The number of nitrogen functional groups attached to an aromatic ring is 1. The Morgan fingerprint density at radius 1 is 1.26 bits per heavy atom. The SMILES string of the molecule is Cc1cc(N)nc(C)c1CNC(=O)c1cn2c(n1)CNc1cc(CN3CC4CC4C3=O)ccc1C2. The summed E-state index contributed by atoms with van der Waals surface area (Å²) in [7, 11) is 0. The van der Waals surface area contributed by atoms with Gasteiger partial charge >= 0.3 is 0 Å². The number of nitrogens with one attached hydrogen (secondary N) is 2. The van der Waals surface area contributed by atoms with E-state index < -0.39 is 0 Å². The summed E-state index contributed by atoms with van der Waals surface area (Å²) in [5.41, 5.74) is 12.3. The minimum Gasteiger partial charge on any atom is -0.384 e. The number of fused-ring (bicyclic) bond motifs is 3. The first-order chi connectivity index (χ1) is 16.9. The third kappa shape index (κ3) is 4.00. The minimum absolute atomic E-state index is 0.218. The summed E-state index contributed by atoms with van der Waals surface area (Å²) >= 11 is 0. The second-order valence-corrected chi connectivity index (χ2v) is 9.95. The molecule has 1 saturated heterocycles. The van der Waals surface area contributed by atoms with Gasteiger partial charge in [0.15, 0.2) is 0 Å². The average Bonchev–Trinajstić information content (AvgIpc) is 3.42. The van der Waals surface area contributed by atoms with Gasteiger partial charge < -0.3 is 25.8 Å². The van der Waals surface area contributed by atoms with Crippen LogP contribution in [0.4, 0.5) is 11.5 Å². The number of piperidine rings is 1. The van der Waals surface area contributed by atoms with Crippen LogP contribution in [0.5, 0.6) is 0 Å². The lowest BCUT2D eigenvalue weighted by atomic mass is 10.1. The Kier molecular flexibility index (Phi) is 5.01. The van der Waals surface area contributed by atoms with Gasteiger partial charge in [-0.3, -0.25) is 9.59 Å². The molecule has 0 radical (unpaired) electrons. The first-order valence-electron chi connectivity index (χ1n) is 12.1. The van der Waals surface area contributed by atoms with Crippen LogP contribution in [0.2, 0.25) is 0 Å². The van der Waals surface area contributed by atoms with Gasteiger partial charge in [-0.2, -0.15) is 0 Å². The Balaban J connectivity index is 1.13. The highest BCUT2D eigenvalue weighted by atomic mass is 16.2. The van der Waals surface area contributed by atoms with Crippen molar-refractivity contribution in [3.8, 4) is 0 Å². The number of aromatic nitrogens is 3. The van der Waals surface area contributed by atoms with Crippen LogP contribution in [0.3, 0.4) is 0 Å². The average molecular weight is 472 g/mol. The number of imidazole rings is 1. The van der Waals surface area contributed by atoms with Gasteiger partial charge in [-0.05, 0) is 60.6 Å². The summed E-state index contributed by atoms with van der Waals surface area (Å²) < 4.78 is 2.02. The number of carbonyl (C=O) groups is 2. The molecule has 1 aliphatic carbocycles. The van der Waals surface area contributed by atoms with Crippen LogP contribution in [0.15, 0.2) is 30.5 Å². The summed E-state index contributed by atoms with van der Waals surface area (Å²) in [5, 5.41) is 6.43. The molecule has 4 N–H and O–H groups in total. The molecule has 1 saturated carbocycles. The lowest BCUT2D eigenvalue weighted by molar-refractivity contribution is -0.130. The molecular weight excluding hydrogens is 442 g/mol. The predicted molar refractivity (Wildman–Crippen MR) is 131 cm³/mol. The van der Waals surface area contributed by atoms with Crippen molar-refractivity contribution in [1.82, 2.24) is 24.8 Å². The summed E-state index contributed by atoms with van der Waals surface area (Å²) in [6, 6.07) is 8.15. The number of pyridine rings is 1. The largest absolute Gasteiger partial charge is 0.384 e. The fraction of sp³-hybridized carbons (Fsp3) is 0.385. The zero-order valence-corrected chi connectivity index (χ0v) is 20.0. The number of hydrogen-bond donors (Lipinski definition) is 3. The van der Waals surface area contributed by atoms with Gasteiger partial charge in [0, 0.05) is 43.1 Å². The van der Waals surface area contributed by atoms with Crippen molar-refractivity contribution in [2.75, 3.05) is 17.6 Å². The number of aryl methyl sites for hydroxylation is 2. The molecule has 0 bridgehead atoms. The van der Waals surface area contributed by atoms with E-state index in [2.05, 4.69) is 38.8 Å². The van der Waals surface area contributed by atoms with Crippen LogP contribution in [-0.4, -0.2) is 37.8 Å². The van der Waals surface area contributed by atoms with Crippen LogP contribution in [0.1, 0.15) is 50.7 Å². The van der Waals surface area contributed by atoms with Crippen LogP contribution in [0.25, 0.3) is 0 Å². The number of anilines is 2. The van der Waals surface area contributed by atoms with Crippen LogP contribution in [-0.2, 0) is 31.0 Å². The molecule has 9 nitrogen and oxygen atoms in total. The number of rotatable bonds is 5. The second-order valence-electron chi connectivity index (χ2n) is 9.95. The lowest BCUT2D eigenvalue weighted by Crippen LogP contribution is -2.27. The minimum atomic E-state index is -0.218. The molecule has 9 heteroatoms. The van der Waals surface area contributed by atoms with Crippen molar-refractivity contribution in [3.63, 3.8) is 0 Å². The topological polar surface area (TPSA) is 118 Å². The van der Waals surface area contributed by atoms with Crippen molar-refractivity contribution in [2.24, 2.45) is 11.8 Å². The quantitative estimate of drug-likeness (QED) is 0.526. The molecule has 3 aromatic rings. The Morgan fingerprint density at radius 2 is 2.11 bits per heavy atom. The monoisotopic (exact) mass is 471 g/mol. The van der Waals surface area contributed by atoms with Gasteiger partial charge in [0.1, 0.15) is 17.3 Å². The van der Waals surface area contributed by atoms with Crippen molar-refractivity contribution < 1.29 is 9.59 Å². The number of hydrogen-bond acceptors (Lipinski definition) is 6. The molecule has 1 aromatic carbocycles. The maximum atomic E-state index is 12.8. The van der Waals surface area contributed by atoms with E-state index in [-0.39, 0.29) is 11.8 Å². The van der Waals surface area contributed by atoms with Crippen LogP contribution < -0.4 is 16.4 Å². The fourth-order valence-electron chi connectivity index (χ4n) is 5.36. The third-order valence-corrected chi connectivity index (χ3v) is 7.42. The van der Waals surface area contributed by atoms with Crippen molar-refractivity contribution in [2.45, 2.75) is 46.4 Å². The molecule has 2 amide bonds. The molecule has 6 rings (SSSR count). The zero-order chi connectivity index (χ0) is 24.3. The fourth-order valence-corrected chi connectivity index (χ4v) is 5.36. The molecule has 3 aliphatic rings. The highest BCUT2D eigenvalue weighted by molar-refractivity contribution is 5.92. The van der Waals surface area contributed by atoms with Crippen LogP contribution >= 0.6 is 0 Å². The van der Waals surface area contributed by atoms with Crippen molar-refractivity contribution in [1.29, 1.82) is 0 Å². The maximum absolute atomic E-state index is 12.8. The van der Waals surface area contributed by atoms with E-state index in [1.54, 1.807) is 0 Å². The molecule has 180 valence electrons. The number of amides is 2. The van der Waals surface area contributed by atoms with E-state index in [0.29, 0.717) is 49.5 Å². The number of carbonyl (C=O) groups excluding carboxylic acids is 2. The summed E-state index contributed by atoms with van der Waals surface area (Å²) in [5.74, 6) is 2.25. The summed E-state index contributed by atoms with van der Waals surface area (Å²) in [4.78, 5) is 36.0. The van der Waals surface area contributed by atoms with Gasteiger partial charge in [-0.25, -0.2) is 9.97 Å². The highest BCUT2D eigenvalue weighted by Gasteiger charge is 2.51. The highest BCUT2D eigenvalue weighted by Crippen LogP contribution is 2.46. The van der Waals surface area contributed by atoms with E-state index in [4.69, 9.17) is 5.73 Å². The molecular formula is C26H29N7O2. The smallest absolute Gasteiger partial charge is 0.271 e. The van der Waals surface area contributed by atoms with Crippen LogP contribution in [0, 0.1) is 25.7 Å². The molecule has 2 aliphatic heterocycles. The first kappa shape index (κ1) is 21.6. The standard InChI is InChI=1S/C26H29N7O2/c1-14-5-23(27)30-15(2)20(14)8-29-25(34)22-13-32-11-17-4-3-16(6-21(17)28-9-24(32)31-22)10-33-12-18-7-19(18)26(33)35/h3-6,13,18-19,28H,7-12H2,1-2H3,(H2,27,30)(H,29,34). The molecule has 2 atom stereocenters. The van der Waals surface area contributed by atoms with E-state index in [1.807, 2.05) is 35.6 Å². The second kappa shape index (κ2) is 8.11. The Hall–Kier alpha value is -3.88. The number of likely N-dealkylation sites (tertiary alicyclic amines) is 1. The Bertz CT molecular complexity index is 1340. The normalized spacial score (nSPS) is 19.9. The van der Waals surface area contributed by atoms with Gasteiger partial charge in [0.2, 0.25) is 5.91 Å². The first-order valence-corrected chi connectivity index (χ1v) is 12.1. The van der Waals surface area contributed by atoms with Gasteiger partial charge in [-0.15, -0.1) is 0 Å². The molecule has 4 heterocycles. The maximum Gasteiger partial charge on any atom is 0.271 e. The number of benzene rings is 1.